The van der Waals surface area contributed by atoms with Crippen LogP contribution in [-0.4, -0.2) is 24.0 Å². The number of aromatic nitrogens is 1. The number of hydrogen-bond donors (Lipinski definition) is 1. The summed E-state index contributed by atoms with van der Waals surface area (Å²) in [4.78, 5) is 15.6. The molecule has 2 heterocycles. The predicted octanol–water partition coefficient (Wildman–Crippen LogP) is 3.43. The molecule has 1 aromatic heterocycles. The molecule has 3 rings (SSSR count). The summed E-state index contributed by atoms with van der Waals surface area (Å²) in [7, 11) is 0. The molecule has 0 amide bonds. The molecule has 0 saturated carbocycles. The summed E-state index contributed by atoms with van der Waals surface area (Å²) >= 11 is 6.19. The van der Waals surface area contributed by atoms with Crippen molar-refractivity contribution in [2.45, 2.75) is 12.8 Å². The van der Waals surface area contributed by atoms with E-state index in [0.29, 0.717) is 23.8 Å². The summed E-state index contributed by atoms with van der Waals surface area (Å²) in [5.41, 5.74) is 1.63. The zero-order valence-electron chi connectivity index (χ0n) is 9.91. The van der Waals surface area contributed by atoms with Gasteiger partial charge < -0.3 is 9.72 Å². The number of ketones is 1. The summed E-state index contributed by atoms with van der Waals surface area (Å²) in [5, 5.41) is 1.47. The van der Waals surface area contributed by atoms with Gasteiger partial charge in [0.25, 0.3) is 0 Å². The molecule has 0 unspecified atom stereocenters. The number of hydrogen-bond acceptors (Lipinski definition) is 2. The number of carbonyl (C=O) groups excluding carboxylic acids is 1. The molecule has 1 aromatic carbocycles. The fourth-order valence-corrected chi connectivity index (χ4v) is 2.79. The van der Waals surface area contributed by atoms with Crippen LogP contribution in [-0.2, 0) is 4.74 Å². The van der Waals surface area contributed by atoms with Crippen molar-refractivity contribution in [3.8, 4) is 0 Å². The van der Waals surface area contributed by atoms with E-state index in [1.54, 1.807) is 6.20 Å². The van der Waals surface area contributed by atoms with Crippen LogP contribution in [0.25, 0.3) is 10.9 Å². The summed E-state index contributed by atoms with van der Waals surface area (Å²) in [5.74, 6) is 0.242. The van der Waals surface area contributed by atoms with Crippen LogP contribution >= 0.6 is 11.6 Å². The fourth-order valence-electron chi connectivity index (χ4n) is 2.51. The lowest BCUT2D eigenvalue weighted by molar-refractivity contribution is 0.0546. The van der Waals surface area contributed by atoms with Gasteiger partial charge in [0.2, 0.25) is 0 Å². The van der Waals surface area contributed by atoms with Gasteiger partial charge in [-0.05, 0) is 25.0 Å². The third kappa shape index (κ3) is 1.93. The molecule has 0 bridgehead atoms. The van der Waals surface area contributed by atoms with E-state index in [2.05, 4.69) is 4.98 Å². The Labute approximate surface area is 110 Å². The normalized spacial score (nSPS) is 17.2. The summed E-state index contributed by atoms with van der Waals surface area (Å²) in [6.45, 7) is 1.35. The summed E-state index contributed by atoms with van der Waals surface area (Å²) in [6.07, 6.45) is 3.38. The molecule has 1 aliphatic heterocycles. The molecule has 2 aromatic rings. The van der Waals surface area contributed by atoms with Gasteiger partial charge in [-0.2, -0.15) is 0 Å². The summed E-state index contributed by atoms with van der Waals surface area (Å²) < 4.78 is 5.29. The number of carbonyl (C=O) groups is 1. The van der Waals surface area contributed by atoms with E-state index in [9.17, 15) is 4.79 Å². The number of H-pyrrole nitrogens is 1. The standard InChI is InChI=1S/C14H14ClNO2/c15-11-2-1-3-12-13(11)10(8-16-12)14(17)9-4-6-18-7-5-9/h1-3,8-9,16H,4-7H2. The van der Waals surface area contributed by atoms with E-state index < -0.39 is 0 Å². The molecular weight excluding hydrogens is 250 g/mol. The van der Waals surface area contributed by atoms with Crippen LogP contribution in [0.2, 0.25) is 5.02 Å². The molecule has 0 radical (unpaired) electrons. The van der Waals surface area contributed by atoms with Crippen molar-refractivity contribution < 1.29 is 9.53 Å². The first-order valence-corrected chi connectivity index (χ1v) is 6.52. The van der Waals surface area contributed by atoms with Crippen molar-refractivity contribution in [3.05, 3.63) is 35.0 Å². The third-order valence-corrected chi connectivity index (χ3v) is 3.83. The van der Waals surface area contributed by atoms with E-state index in [4.69, 9.17) is 16.3 Å². The molecule has 3 nitrogen and oxygen atoms in total. The highest BCUT2D eigenvalue weighted by Gasteiger charge is 2.25. The zero-order valence-corrected chi connectivity index (χ0v) is 10.7. The molecule has 0 atom stereocenters. The lowest BCUT2D eigenvalue weighted by atomic mass is 9.91. The molecular formula is C14H14ClNO2. The highest BCUT2D eigenvalue weighted by Crippen LogP contribution is 2.30. The number of halogens is 1. The highest BCUT2D eigenvalue weighted by molar-refractivity contribution is 6.36. The van der Waals surface area contributed by atoms with E-state index in [0.717, 1.165) is 23.7 Å². The van der Waals surface area contributed by atoms with E-state index in [-0.39, 0.29) is 11.7 Å². The van der Waals surface area contributed by atoms with E-state index in [1.165, 1.54) is 0 Å². The maximum Gasteiger partial charge on any atom is 0.168 e. The van der Waals surface area contributed by atoms with Gasteiger partial charge in [0, 0.05) is 41.8 Å². The van der Waals surface area contributed by atoms with Gasteiger partial charge in [0.15, 0.2) is 5.78 Å². The van der Waals surface area contributed by atoms with Crippen LogP contribution < -0.4 is 0 Å². The van der Waals surface area contributed by atoms with Crippen LogP contribution in [0.1, 0.15) is 23.2 Å². The molecule has 1 N–H and O–H groups in total. The average Bonchev–Trinajstić information content (AvgIpc) is 2.84. The topological polar surface area (TPSA) is 42.1 Å². The van der Waals surface area contributed by atoms with Crippen LogP contribution in [0, 0.1) is 5.92 Å². The van der Waals surface area contributed by atoms with Crippen molar-refractivity contribution in [2.75, 3.05) is 13.2 Å². The average molecular weight is 264 g/mol. The fraction of sp³-hybridized carbons (Fsp3) is 0.357. The number of Topliss-reactive ketones (excluding diaryl/α,β-unsaturated/α-hetero) is 1. The molecule has 4 heteroatoms. The summed E-state index contributed by atoms with van der Waals surface area (Å²) in [6, 6.07) is 5.63. The Balaban J connectivity index is 2.01. The van der Waals surface area contributed by atoms with E-state index in [1.807, 2.05) is 18.2 Å². The number of rotatable bonds is 2. The quantitative estimate of drug-likeness (QED) is 0.844. The third-order valence-electron chi connectivity index (χ3n) is 3.51. The molecule has 0 aliphatic carbocycles. The molecule has 0 spiro atoms. The van der Waals surface area contributed by atoms with Gasteiger partial charge in [0.05, 0.1) is 5.02 Å². The second-order valence-corrected chi connectivity index (χ2v) is 5.02. The van der Waals surface area contributed by atoms with Gasteiger partial charge in [-0.15, -0.1) is 0 Å². The minimum absolute atomic E-state index is 0.0639. The maximum atomic E-state index is 12.5. The van der Waals surface area contributed by atoms with Crippen molar-refractivity contribution in [2.24, 2.45) is 5.92 Å². The minimum atomic E-state index is 0.0639. The number of ether oxygens (including phenoxy) is 1. The predicted molar refractivity (Wildman–Crippen MR) is 71.2 cm³/mol. The lowest BCUT2D eigenvalue weighted by Crippen LogP contribution is -2.23. The Kier molecular flexibility index (Phi) is 3.10. The van der Waals surface area contributed by atoms with Gasteiger partial charge in [0.1, 0.15) is 0 Å². The number of nitrogens with one attached hydrogen (secondary N) is 1. The van der Waals surface area contributed by atoms with Crippen LogP contribution in [0.3, 0.4) is 0 Å². The second-order valence-electron chi connectivity index (χ2n) is 4.62. The number of aromatic amines is 1. The Hall–Kier alpha value is -1.32. The maximum absolute atomic E-state index is 12.5. The molecule has 94 valence electrons. The highest BCUT2D eigenvalue weighted by atomic mass is 35.5. The van der Waals surface area contributed by atoms with Crippen molar-refractivity contribution in [1.29, 1.82) is 0 Å². The molecule has 18 heavy (non-hydrogen) atoms. The molecule has 1 aliphatic rings. The first-order valence-electron chi connectivity index (χ1n) is 6.15. The first-order chi connectivity index (χ1) is 8.77. The van der Waals surface area contributed by atoms with Gasteiger partial charge in [-0.25, -0.2) is 0 Å². The Morgan fingerprint density at radius 3 is 2.89 bits per heavy atom. The zero-order chi connectivity index (χ0) is 12.5. The number of benzene rings is 1. The monoisotopic (exact) mass is 263 g/mol. The van der Waals surface area contributed by atoms with Gasteiger partial charge in [-0.1, -0.05) is 17.7 Å². The van der Waals surface area contributed by atoms with Gasteiger partial charge >= 0.3 is 0 Å². The van der Waals surface area contributed by atoms with Crippen molar-refractivity contribution >= 4 is 28.3 Å². The lowest BCUT2D eigenvalue weighted by Gasteiger charge is -2.20. The number of fused-ring (bicyclic) bond motifs is 1. The largest absolute Gasteiger partial charge is 0.381 e. The molecule has 1 saturated heterocycles. The van der Waals surface area contributed by atoms with Gasteiger partial charge in [-0.3, -0.25) is 4.79 Å². The van der Waals surface area contributed by atoms with Crippen LogP contribution in [0.4, 0.5) is 0 Å². The second kappa shape index (κ2) is 4.75. The van der Waals surface area contributed by atoms with Crippen molar-refractivity contribution in [1.82, 2.24) is 4.98 Å². The van der Waals surface area contributed by atoms with Crippen LogP contribution in [0.15, 0.2) is 24.4 Å². The Morgan fingerprint density at radius 1 is 1.33 bits per heavy atom. The minimum Gasteiger partial charge on any atom is -0.381 e. The van der Waals surface area contributed by atoms with E-state index >= 15 is 0 Å². The SMILES string of the molecule is O=C(c1c[nH]c2cccc(Cl)c12)C1CCOCC1. The molecule has 1 fully saturated rings. The first kappa shape index (κ1) is 11.8. The van der Waals surface area contributed by atoms with Crippen LogP contribution in [0.5, 0.6) is 0 Å². The smallest absolute Gasteiger partial charge is 0.168 e. The van der Waals surface area contributed by atoms with Crippen molar-refractivity contribution in [3.63, 3.8) is 0 Å². The Morgan fingerprint density at radius 2 is 2.11 bits per heavy atom. The Bertz CT molecular complexity index is 584.